The number of para-hydroxylation sites is 1. The van der Waals surface area contributed by atoms with Crippen molar-refractivity contribution in [3.63, 3.8) is 0 Å². The van der Waals surface area contributed by atoms with E-state index in [-0.39, 0.29) is 17.4 Å². The predicted octanol–water partition coefficient (Wildman–Crippen LogP) is 1.98. The number of benzene rings is 1. The number of aromatic amines is 1. The molecule has 0 spiro atoms. The van der Waals surface area contributed by atoms with E-state index in [2.05, 4.69) is 4.98 Å². The minimum atomic E-state index is -0.489. The molecule has 3 rings (SSSR count). The van der Waals surface area contributed by atoms with E-state index < -0.39 is 5.97 Å². The van der Waals surface area contributed by atoms with E-state index in [9.17, 15) is 14.4 Å². The maximum atomic E-state index is 12.5. The van der Waals surface area contributed by atoms with Gasteiger partial charge in [0.2, 0.25) is 0 Å². The molecule has 1 aliphatic carbocycles. The van der Waals surface area contributed by atoms with Gasteiger partial charge in [-0.25, -0.2) is 4.79 Å². The number of carbonyl (C=O) groups is 2. The predicted molar refractivity (Wildman–Crippen MR) is 88.1 cm³/mol. The van der Waals surface area contributed by atoms with Crippen molar-refractivity contribution in [2.75, 3.05) is 13.7 Å². The first-order valence-corrected chi connectivity index (χ1v) is 7.98. The molecule has 1 atom stereocenters. The maximum Gasteiger partial charge on any atom is 0.339 e. The lowest BCUT2D eigenvalue weighted by Crippen LogP contribution is -2.30. The monoisotopic (exact) mass is 329 g/mol. The maximum absolute atomic E-state index is 12.5. The number of carbonyl (C=O) groups excluding carboxylic acids is 2. The van der Waals surface area contributed by atoms with E-state index in [4.69, 9.17) is 9.47 Å². The second-order valence-electron chi connectivity index (χ2n) is 5.82. The first-order chi connectivity index (χ1) is 11.6. The summed E-state index contributed by atoms with van der Waals surface area (Å²) in [5, 5.41) is 0.829. The molecule has 0 saturated carbocycles. The third kappa shape index (κ3) is 2.68. The fourth-order valence-electron chi connectivity index (χ4n) is 3.34. The number of esters is 2. The van der Waals surface area contributed by atoms with Gasteiger partial charge >= 0.3 is 11.9 Å². The third-order valence-corrected chi connectivity index (χ3v) is 4.49. The van der Waals surface area contributed by atoms with Gasteiger partial charge in [-0.15, -0.1) is 0 Å². The molecular weight excluding hydrogens is 310 g/mol. The Kier molecular flexibility index (Phi) is 4.38. The van der Waals surface area contributed by atoms with E-state index in [1.165, 1.54) is 7.11 Å². The summed E-state index contributed by atoms with van der Waals surface area (Å²) in [7, 11) is 1.31. The van der Waals surface area contributed by atoms with Crippen LogP contribution in [0, 0.1) is 5.92 Å². The molecule has 6 heteroatoms. The summed E-state index contributed by atoms with van der Waals surface area (Å²) in [6.45, 7) is 2.10. The van der Waals surface area contributed by atoms with E-state index in [1.54, 1.807) is 19.1 Å². The summed E-state index contributed by atoms with van der Waals surface area (Å²) in [6.07, 6.45) is 1.60. The van der Waals surface area contributed by atoms with Gasteiger partial charge in [0.1, 0.15) is 0 Å². The van der Waals surface area contributed by atoms with Crippen LogP contribution in [-0.4, -0.2) is 30.6 Å². The molecule has 0 bridgehead atoms. The molecule has 126 valence electrons. The number of fused-ring (bicyclic) bond motifs is 3. The second kappa shape index (κ2) is 6.47. The van der Waals surface area contributed by atoms with E-state index in [1.807, 2.05) is 6.07 Å². The number of nitrogens with one attached hydrogen (secondary N) is 1. The normalized spacial score (nSPS) is 16.5. The molecule has 0 aliphatic heterocycles. The van der Waals surface area contributed by atoms with Gasteiger partial charge in [-0.05, 0) is 37.8 Å². The number of rotatable bonds is 3. The first-order valence-electron chi connectivity index (χ1n) is 7.98. The minimum Gasteiger partial charge on any atom is -0.466 e. The fraction of sp³-hybridized carbons (Fsp3) is 0.389. The van der Waals surface area contributed by atoms with Crippen molar-refractivity contribution in [1.82, 2.24) is 4.98 Å². The molecule has 0 saturated heterocycles. The van der Waals surface area contributed by atoms with Crippen LogP contribution in [0.25, 0.3) is 10.9 Å². The number of hydrogen-bond donors (Lipinski definition) is 1. The van der Waals surface area contributed by atoms with Gasteiger partial charge in [0, 0.05) is 10.9 Å². The Balaban J connectivity index is 2.10. The topological polar surface area (TPSA) is 85.5 Å². The van der Waals surface area contributed by atoms with Gasteiger partial charge in [-0.3, -0.25) is 9.59 Å². The van der Waals surface area contributed by atoms with Crippen LogP contribution in [0.3, 0.4) is 0 Å². The SMILES string of the molecule is CCOC(=O)C1CCc2c(c(=O)[nH]c3c(C(=O)OC)cccc23)C1. The van der Waals surface area contributed by atoms with E-state index in [0.29, 0.717) is 42.5 Å². The average molecular weight is 329 g/mol. The number of hydrogen-bond acceptors (Lipinski definition) is 5. The highest BCUT2D eigenvalue weighted by molar-refractivity contribution is 6.03. The second-order valence-corrected chi connectivity index (χ2v) is 5.82. The number of H-pyrrole nitrogens is 1. The summed E-state index contributed by atoms with van der Waals surface area (Å²) in [6, 6.07) is 5.27. The molecule has 0 amide bonds. The fourth-order valence-corrected chi connectivity index (χ4v) is 3.34. The molecule has 1 unspecified atom stereocenters. The number of aromatic nitrogens is 1. The van der Waals surface area contributed by atoms with Crippen molar-refractivity contribution in [1.29, 1.82) is 0 Å². The third-order valence-electron chi connectivity index (χ3n) is 4.49. The van der Waals surface area contributed by atoms with Crippen LogP contribution in [0.1, 0.15) is 34.8 Å². The summed E-state index contributed by atoms with van der Waals surface area (Å²) in [5.41, 5.74) is 2.07. The lowest BCUT2D eigenvalue weighted by atomic mass is 9.82. The van der Waals surface area contributed by atoms with Gasteiger partial charge in [0.15, 0.2) is 0 Å². The van der Waals surface area contributed by atoms with Gasteiger partial charge in [0.05, 0.1) is 30.7 Å². The van der Waals surface area contributed by atoms with Gasteiger partial charge in [-0.2, -0.15) is 0 Å². The Hall–Kier alpha value is -2.63. The number of aryl methyl sites for hydroxylation is 1. The van der Waals surface area contributed by atoms with E-state index in [0.717, 1.165) is 10.9 Å². The molecule has 1 N–H and O–H groups in total. The van der Waals surface area contributed by atoms with Crippen LogP contribution >= 0.6 is 0 Å². The zero-order chi connectivity index (χ0) is 17.3. The van der Waals surface area contributed by atoms with Gasteiger partial charge < -0.3 is 14.5 Å². The lowest BCUT2D eigenvalue weighted by Gasteiger charge is -2.24. The zero-order valence-electron chi connectivity index (χ0n) is 13.7. The van der Waals surface area contributed by atoms with Crippen LogP contribution in [0.5, 0.6) is 0 Å². The highest BCUT2D eigenvalue weighted by Gasteiger charge is 2.29. The highest BCUT2D eigenvalue weighted by atomic mass is 16.5. The van der Waals surface area contributed by atoms with Crippen molar-refractivity contribution in [3.05, 3.63) is 45.2 Å². The molecule has 2 aromatic rings. The molecule has 1 aromatic carbocycles. The number of pyridine rings is 1. The Morgan fingerprint density at radius 2 is 2.08 bits per heavy atom. The Morgan fingerprint density at radius 1 is 1.29 bits per heavy atom. The molecule has 1 aromatic heterocycles. The zero-order valence-corrected chi connectivity index (χ0v) is 13.7. The quantitative estimate of drug-likeness (QED) is 0.870. The van der Waals surface area contributed by atoms with Crippen molar-refractivity contribution in [2.45, 2.75) is 26.2 Å². The molecule has 24 heavy (non-hydrogen) atoms. The van der Waals surface area contributed by atoms with Crippen LogP contribution < -0.4 is 5.56 Å². The molecule has 0 radical (unpaired) electrons. The highest BCUT2D eigenvalue weighted by Crippen LogP contribution is 2.30. The van der Waals surface area contributed by atoms with Crippen LogP contribution in [0.4, 0.5) is 0 Å². The Bertz CT molecular complexity index is 868. The van der Waals surface area contributed by atoms with Gasteiger partial charge in [-0.1, -0.05) is 12.1 Å². The summed E-state index contributed by atoms with van der Waals surface area (Å²) in [5.74, 6) is -1.04. The Labute approximate surface area is 138 Å². The van der Waals surface area contributed by atoms with Crippen molar-refractivity contribution in [2.24, 2.45) is 5.92 Å². The van der Waals surface area contributed by atoms with Gasteiger partial charge in [0.25, 0.3) is 5.56 Å². The molecule has 6 nitrogen and oxygen atoms in total. The van der Waals surface area contributed by atoms with Crippen molar-refractivity contribution < 1.29 is 19.1 Å². The van der Waals surface area contributed by atoms with Crippen molar-refractivity contribution in [3.8, 4) is 0 Å². The molecule has 1 aliphatic rings. The van der Waals surface area contributed by atoms with E-state index >= 15 is 0 Å². The molecule has 1 heterocycles. The summed E-state index contributed by atoms with van der Waals surface area (Å²) in [4.78, 5) is 39.2. The first kappa shape index (κ1) is 16.2. The standard InChI is InChI=1S/C18H19NO5/c1-3-24-17(21)10-7-8-11-12-5-4-6-13(18(22)23-2)15(12)19-16(20)14(11)9-10/h4-6,10H,3,7-9H2,1-2H3,(H,19,20). The van der Waals surface area contributed by atoms with Crippen LogP contribution in [0.2, 0.25) is 0 Å². The van der Waals surface area contributed by atoms with Crippen molar-refractivity contribution >= 4 is 22.8 Å². The summed E-state index contributed by atoms with van der Waals surface area (Å²) < 4.78 is 9.86. The smallest absolute Gasteiger partial charge is 0.339 e. The van der Waals surface area contributed by atoms with Crippen LogP contribution in [-0.2, 0) is 27.1 Å². The lowest BCUT2D eigenvalue weighted by molar-refractivity contribution is -0.148. The van der Waals surface area contributed by atoms with Crippen LogP contribution in [0.15, 0.2) is 23.0 Å². The number of methoxy groups -OCH3 is 1. The molecule has 0 fully saturated rings. The average Bonchev–Trinajstić information content (AvgIpc) is 2.60. The Morgan fingerprint density at radius 3 is 2.79 bits per heavy atom. The largest absolute Gasteiger partial charge is 0.466 e. The molecular formula is C18H19NO5. The summed E-state index contributed by atoms with van der Waals surface area (Å²) >= 11 is 0. The number of ether oxygens (including phenoxy) is 2. The minimum absolute atomic E-state index is 0.258.